The second-order valence-corrected chi connectivity index (χ2v) is 6.71. The van der Waals surface area contributed by atoms with E-state index in [1.165, 1.54) is 7.11 Å². The van der Waals surface area contributed by atoms with Gasteiger partial charge in [-0.25, -0.2) is 4.79 Å². The van der Waals surface area contributed by atoms with Crippen LogP contribution in [0.3, 0.4) is 0 Å². The summed E-state index contributed by atoms with van der Waals surface area (Å²) in [7, 11) is 1.33. The minimum Gasteiger partial charge on any atom is -0.483 e. The smallest absolute Gasteiger partial charge is 0.337 e. The fourth-order valence-corrected chi connectivity index (χ4v) is 3.48. The van der Waals surface area contributed by atoms with Crippen molar-refractivity contribution in [2.75, 3.05) is 13.7 Å². The van der Waals surface area contributed by atoms with Gasteiger partial charge in [-0.3, -0.25) is 4.79 Å². The molecule has 1 fully saturated rings. The van der Waals surface area contributed by atoms with Crippen molar-refractivity contribution in [1.29, 1.82) is 0 Å². The molecule has 1 aliphatic heterocycles. The molecule has 23 heavy (non-hydrogen) atoms. The monoisotopic (exact) mass is 383 g/mol. The van der Waals surface area contributed by atoms with E-state index in [1.807, 2.05) is 4.90 Å². The summed E-state index contributed by atoms with van der Waals surface area (Å²) in [6.07, 6.45) is 3.23. The van der Waals surface area contributed by atoms with E-state index in [0.29, 0.717) is 15.8 Å². The molecule has 2 rings (SSSR count). The van der Waals surface area contributed by atoms with Crippen LogP contribution in [0.5, 0.6) is 5.75 Å². The molecule has 0 aliphatic carbocycles. The summed E-state index contributed by atoms with van der Waals surface area (Å²) in [5.74, 6) is 0.112. The lowest BCUT2D eigenvalue weighted by Gasteiger charge is -2.39. The summed E-state index contributed by atoms with van der Waals surface area (Å²) in [6.45, 7) is 4.15. The lowest BCUT2D eigenvalue weighted by Crippen LogP contribution is -2.49. The molecule has 0 saturated carbocycles. The van der Waals surface area contributed by atoms with Crippen molar-refractivity contribution in [3.8, 4) is 5.75 Å². The molecule has 126 valence electrons. The number of ether oxygens (including phenoxy) is 2. The van der Waals surface area contributed by atoms with E-state index in [1.54, 1.807) is 18.2 Å². The van der Waals surface area contributed by atoms with Crippen LogP contribution in [-0.4, -0.2) is 42.6 Å². The van der Waals surface area contributed by atoms with Crippen LogP contribution in [0.2, 0.25) is 0 Å². The number of carbonyl (C=O) groups is 2. The van der Waals surface area contributed by atoms with Crippen molar-refractivity contribution in [3.63, 3.8) is 0 Å². The summed E-state index contributed by atoms with van der Waals surface area (Å²) in [6, 6.07) is 5.40. The van der Waals surface area contributed by atoms with Crippen molar-refractivity contribution < 1.29 is 19.1 Å². The van der Waals surface area contributed by atoms with Gasteiger partial charge in [-0.05, 0) is 67.2 Å². The van der Waals surface area contributed by atoms with Gasteiger partial charge < -0.3 is 14.4 Å². The molecule has 0 spiro atoms. The number of methoxy groups -OCH3 is 1. The van der Waals surface area contributed by atoms with Gasteiger partial charge in [0.25, 0.3) is 5.91 Å². The van der Waals surface area contributed by atoms with E-state index >= 15 is 0 Å². The van der Waals surface area contributed by atoms with Crippen LogP contribution in [0, 0.1) is 0 Å². The van der Waals surface area contributed by atoms with E-state index in [2.05, 4.69) is 34.5 Å². The van der Waals surface area contributed by atoms with Crippen molar-refractivity contribution in [3.05, 3.63) is 28.2 Å². The molecule has 5 nitrogen and oxygen atoms in total. The van der Waals surface area contributed by atoms with E-state index in [0.717, 1.165) is 19.3 Å². The van der Waals surface area contributed by atoms with Crippen LogP contribution in [0.15, 0.2) is 22.7 Å². The quantitative estimate of drug-likeness (QED) is 0.747. The molecule has 1 amide bonds. The first-order valence-electron chi connectivity index (χ1n) is 7.76. The number of rotatable bonds is 4. The Bertz CT molecular complexity index is 580. The van der Waals surface area contributed by atoms with Crippen molar-refractivity contribution in [2.24, 2.45) is 0 Å². The third-order valence-corrected chi connectivity index (χ3v) is 4.81. The van der Waals surface area contributed by atoms with Gasteiger partial charge in [0.2, 0.25) is 0 Å². The maximum absolute atomic E-state index is 12.4. The SMILES string of the molecule is COC(=O)c1ccc(OCC(=O)N2[C@H](C)CCC[C@@H]2C)c(Br)c1. The fourth-order valence-electron chi connectivity index (χ4n) is 2.99. The van der Waals surface area contributed by atoms with Gasteiger partial charge in [0, 0.05) is 12.1 Å². The van der Waals surface area contributed by atoms with Crippen LogP contribution >= 0.6 is 15.9 Å². The molecule has 0 radical (unpaired) electrons. The molecule has 1 aliphatic rings. The molecule has 1 aromatic rings. The largest absolute Gasteiger partial charge is 0.483 e. The summed E-state index contributed by atoms with van der Waals surface area (Å²) in [4.78, 5) is 25.8. The Hall–Kier alpha value is -1.56. The first kappa shape index (κ1) is 17.8. The van der Waals surface area contributed by atoms with Crippen molar-refractivity contribution in [2.45, 2.75) is 45.2 Å². The average molecular weight is 384 g/mol. The first-order chi connectivity index (χ1) is 10.9. The summed E-state index contributed by atoms with van der Waals surface area (Å²) in [5.41, 5.74) is 0.427. The third kappa shape index (κ3) is 4.25. The van der Waals surface area contributed by atoms with Crippen LogP contribution in [0.4, 0.5) is 0 Å². The van der Waals surface area contributed by atoms with Crippen LogP contribution in [0.1, 0.15) is 43.5 Å². The van der Waals surface area contributed by atoms with Crippen LogP contribution in [0.25, 0.3) is 0 Å². The number of amides is 1. The van der Waals surface area contributed by atoms with Crippen molar-refractivity contribution in [1.82, 2.24) is 4.90 Å². The lowest BCUT2D eigenvalue weighted by atomic mass is 9.97. The van der Waals surface area contributed by atoms with Gasteiger partial charge in [-0.15, -0.1) is 0 Å². The van der Waals surface area contributed by atoms with Crippen molar-refractivity contribution >= 4 is 27.8 Å². The van der Waals surface area contributed by atoms with Gasteiger partial charge in [-0.2, -0.15) is 0 Å². The van der Waals surface area contributed by atoms with Gasteiger partial charge >= 0.3 is 5.97 Å². The lowest BCUT2D eigenvalue weighted by molar-refractivity contribution is -0.139. The van der Waals surface area contributed by atoms with Crippen LogP contribution < -0.4 is 4.74 Å². The van der Waals surface area contributed by atoms with Gasteiger partial charge in [0.05, 0.1) is 17.1 Å². The fraction of sp³-hybridized carbons (Fsp3) is 0.529. The third-order valence-electron chi connectivity index (χ3n) is 4.19. The summed E-state index contributed by atoms with van der Waals surface area (Å²) >= 11 is 3.36. The van der Waals surface area contributed by atoms with Gasteiger partial charge in [0.1, 0.15) is 5.75 Å². The van der Waals surface area contributed by atoms with E-state index in [4.69, 9.17) is 4.74 Å². The number of carbonyl (C=O) groups excluding carboxylic acids is 2. The molecule has 0 bridgehead atoms. The number of hydrogen-bond acceptors (Lipinski definition) is 4. The molecule has 6 heteroatoms. The highest BCUT2D eigenvalue weighted by Gasteiger charge is 2.29. The molecule has 1 aromatic carbocycles. The zero-order valence-electron chi connectivity index (χ0n) is 13.7. The zero-order valence-corrected chi connectivity index (χ0v) is 15.3. The highest BCUT2D eigenvalue weighted by molar-refractivity contribution is 9.10. The maximum atomic E-state index is 12.4. The van der Waals surface area contributed by atoms with Crippen LogP contribution in [-0.2, 0) is 9.53 Å². The van der Waals surface area contributed by atoms with E-state index in [-0.39, 0.29) is 24.6 Å². The number of likely N-dealkylation sites (tertiary alicyclic amines) is 1. The number of piperidine rings is 1. The Balaban J connectivity index is 2.00. The molecule has 0 aromatic heterocycles. The standard InChI is InChI=1S/C17H22BrNO4/c1-11-5-4-6-12(2)19(11)16(20)10-23-15-8-7-13(9-14(15)18)17(21)22-3/h7-9,11-12H,4-6,10H2,1-3H3/t11-,12+. The highest BCUT2D eigenvalue weighted by atomic mass is 79.9. The topological polar surface area (TPSA) is 55.8 Å². The Morgan fingerprint density at radius 3 is 2.48 bits per heavy atom. The number of nitrogens with zero attached hydrogens (tertiary/aromatic N) is 1. The molecule has 0 N–H and O–H groups in total. The highest BCUT2D eigenvalue weighted by Crippen LogP contribution is 2.27. The molecular weight excluding hydrogens is 362 g/mol. The minimum atomic E-state index is -0.413. The average Bonchev–Trinajstić information content (AvgIpc) is 2.52. The number of hydrogen-bond donors (Lipinski definition) is 0. The molecule has 1 heterocycles. The predicted molar refractivity (Wildman–Crippen MR) is 90.6 cm³/mol. The first-order valence-corrected chi connectivity index (χ1v) is 8.55. The number of halogens is 1. The second-order valence-electron chi connectivity index (χ2n) is 5.86. The van der Waals surface area contributed by atoms with Gasteiger partial charge in [-0.1, -0.05) is 0 Å². The predicted octanol–water partition coefficient (Wildman–Crippen LogP) is 3.40. The maximum Gasteiger partial charge on any atom is 0.337 e. The van der Waals surface area contributed by atoms with Gasteiger partial charge in [0.15, 0.2) is 6.61 Å². The minimum absolute atomic E-state index is 0.00588. The van der Waals surface area contributed by atoms with E-state index < -0.39 is 5.97 Å². The van der Waals surface area contributed by atoms with E-state index in [9.17, 15) is 9.59 Å². The zero-order chi connectivity index (χ0) is 17.0. The molecule has 2 atom stereocenters. The Kier molecular flexibility index (Phi) is 6.04. The molecule has 0 unspecified atom stereocenters. The Morgan fingerprint density at radius 2 is 1.91 bits per heavy atom. The Morgan fingerprint density at radius 1 is 1.26 bits per heavy atom. The number of benzene rings is 1. The second kappa shape index (κ2) is 7.81. The summed E-state index contributed by atoms with van der Waals surface area (Å²) < 4.78 is 10.9. The molecular formula is C17H22BrNO4. The number of esters is 1. The summed E-state index contributed by atoms with van der Waals surface area (Å²) in [5, 5.41) is 0. The molecule has 1 saturated heterocycles. The Labute approximate surface area is 145 Å². The normalized spacial score (nSPS) is 21.0.